The van der Waals surface area contributed by atoms with Gasteiger partial charge in [-0.2, -0.15) is 0 Å². The molecule has 4 rings (SSSR count). The van der Waals surface area contributed by atoms with Crippen molar-refractivity contribution in [1.82, 2.24) is 9.88 Å². The maximum absolute atomic E-state index is 13.5. The van der Waals surface area contributed by atoms with Gasteiger partial charge in [-0.15, -0.1) is 11.3 Å². The van der Waals surface area contributed by atoms with Crippen LogP contribution in [-0.2, 0) is 17.9 Å². The van der Waals surface area contributed by atoms with Crippen LogP contribution in [0.25, 0.3) is 0 Å². The number of amides is 1. The normalized spacial score (nSPS) is 15.4. The summed E-state index contributed by atoms with van der Waals surface area (Å²) in [5, 5.41) is 3.01. The molecule has 0 spiro atoms. The number of aryl methyl sites for hydroxylation is 1. The van der Waals surface area contributed by atoms with Gasteiger partial charge >= 0.3 is 0 Å². The molecule has 1 aliphatic heterocycles. The third-order valence-electron chi connectivity index (χ3n) is 5.70. The van der Waals surface area contributed by atoms with E-state index < -0.39 is 0 Å². The lowest BCUT2D eigenvalue weighted by Gasteiger charge is -2.26. The number of rotatable bonds is 9. The van der Waals surface area contributed by atoms with Gasteiger partial charge in [0.15, 0.2) is 0 Å². The Labute approximate surface area is 199 Å². The molecule has 3 aromatic rings. The van der Waals surface area contributed by atoms with E-state index in [2.05, 4.69) is 34.1 Å². The van der Waals surface area contributed by atoms with Crippen molar-refractivity contribution in [3.8, 4) is 5.75 Å². The predicted molar refractivity (Wildman–Crippen MR) is 132 cm³/mol. The minimum atomic E-state index is -0.0165. The first kappa shape index (κ1) is 23.3. The van der Waals surface area contributed by atoms with Crippen LogP contribution in [0.1, 0.15) is 39.5 Å². The predicted octanol–water partition coefficient (Wildman–Crippen LogP) is 4.92. The summed E-state index contributed by atoms with van der Waals surface area (Å²) in [6.45, 7) is 4.25. The number of carbonyl (C=O) groups excluding carboxylic acids is 1. The van der Waals surface area contributed by atoms with E-state index in [1.165, 1.54) is 0 Å². The van der Waals surface area contributed by atoms with E-state index >= 15 is 0 Å². The average molecular weight is 466 g/mol. The zero-order chi connectivity index (χ0) is 23.2. The molecular weight excluding hydrogens is 434 g/mol. The average Bonchev–Trinajstić information content (AvgIpc) is 3.49. The van der Waals surface area contributed by atoms with Gasteiger partial charge < -0.3 is 19.3 Å². The first-order valence-corrected chi connectivity index (χ1v) is 12.2. The van der Waals surface area contributed by atoms with E-state index in [9.17, 15) is 4.79 Å². The van der Waals surface area contributed by atoms with Crippen LogP contribution < -0.4 is 9.64 Å². The molecule has 2 aromatic carbocycles. The molecular formula is C26H31N3O3S. The van der Waals surface area contributed by atoms with Crippen molar-refractivity contribution in [3.63, 3.8) is 0 Å². The van der Waals surface area contributed by atoms with Gasteiger partial charge in [0.1, 0.15) is 12.4 Å². The molecule has 0 saturated carbocycles. The Bertz CT molecular complexity index is 1060. The van der Waals surface area contributed by atoms with Crippen LogP contribution in [0.4, 0.5) is 5.69 Å². The summed E-state index contributed by atoms with van der Waals surface area (Å²) in [5.74, 6) is 0.649. The number of nitrogens with zero attached hydrogens (tertiary/aromatic N) is 3. The molecule has 0 bridgehead atoms. The molecule has 1 unspecified atom stereocenters. The summed E-state index contributed by atoms with van der Waals surface area (Å²) in [7, 11) is 4.04. The van der Waals surface area contributed by atoms with Gasteiger partial charge in [-0.3, -0.25) is 4.79 Å². The van der Waals surface area contributed by atoms with Crippen LogP contribution in [0.5, 0.6) is 5.75 Å². The first-order chi connectivity index (χ1) is 16.0. The van der Waals surface area contributed by atoms with E-state index in [1.54, 1.807) is 11.3 Å². The second-order valence-corrected chi connectivity index (χ2v) is 9.62. The molecule has 1 amide bonds. The van der Waals surface area contributed by atoms with Crippen LogP contribution in [0.15, 0.2) is 53.9 Å². The Balaban J connectivity index is 1.48. The third-order valence-corrected chi connectivity index (χ3v) is 6.52. The number of hydrogen-bond acceptors (Lipinski definition) is 6. The van der Waals surface area contributed by atoms with Crippen LogP contribution in [0, 0.1) is 6.92 Å². The maximum atomic E-state index is 13.5. The van der Waals surface area contributed by atoms with E-state index in [-0.39, 0.29) is 12.0 Å². The standard InChI is InChI=1S/C26H31N3O3S/c1-19-27-22(18-33-19)17-32-24-7-4-6-21(14-24)26(30)29(16-25-8-5-13-31-25)15-20-9-11-23(12-10-20)28(2)3/h4,6-7,9-12,14,18,25H,5,8,13,15-17H2,1-3H3. The topological polar surface area (TPSA) is 54.9 Å². The Hall–Kier alpha value is -2.90. The highest BCUT2D eigenvalue weighted by Gasteiger charge is 2.24. The van der Waals surface area contributed by atoms with Gasteiger partial charge in [0.2, 0.25) is 0 Å². The van der Waals surface area contributed by atoms with Crippen molar-refractivity contribution >= 4 is 22.9 Å². The number of thiazole rings is 1. The first-order valence-electron chi connectivity index (χ1n) is 11.3. The summed E-state index contributed by atoms with van der Waals surface area (Å²) in [4.78, 5) is 21.9. The smallest absolute Gasteiger partial charge is 0.254 e. The fraction of sp³-hybridized carbons (Fsp3) is 0.385. The number of anilines is 1. The maximum Gasteiger partial charge on any atom is 0.254 e. The van der Waals surface area contributed by atoms with Crippen molar-refractivity contribution in [1.29, 1.82) is 0 Å². The highest BCUT2D eigenvalue weighted by molar-refractivity contribution is 7.09. The molecule has 1 aliphatic rings. The molecule has 1 fully saturated rings. The van der Waals surface area contributed by atoms with Crippen LogP contribution in [0.3, 0.4) is 0 Å². The number of carbonyl (C=O) groups is 1. The number of benzene rings is 2. The van der Waals surface area contributed by atoms with Crippen molar-refractivity contribution in [2.75, 3.05) is 32.1 Å². The number of hydrogen-bond donors (Lipinski definition) is 0. The van der Waals surface area contributed by atoms with Gasteiger partial charge in [-0.1, -0.05) is 18.2 Å². The van der Waals surface area contributed by atoms with E-state index in [0.29, 0.717) is 31.0 Å². The Morgan fingerprint density at radius 3 is 2.70 bits per heavy atom. The Morgan fingerprint density at radius 1 is 1.21 bits per heavy atom. The monoisotopic (exact) mass is 465 g/mol. The summed E-state index contributed by atoms with van der Waals surface area (Å²) in [6.07, 6.45) is 2.12. The zero-order valence-corrected chi connectivity index (χ0v) is 20.3. The SMILES string of the molecule is Cc1nc(COc2cccc(C(=O)N(Cc3ccc(N(C)C)cc3)CC3CCCO3)c2)cs1. The summed E-state index contributed by atoms with van der Waals surface area (Å²) >= 11 is 1.60. The molecule has 2 heterocycles. The highest BCUT2D eigenvalue weighted by atomic mass is 32.1. The van der Waals surface area contributed by atoms with Crippen molar-refractivity contribution in [2.24, 2.45) is 0 Å². The quantitative estimate of drug-likeness (QED) is 0.449. The van der Waals surface area contributed by atoms with E-state index in [4.69, 9.17) is 9.47 Å². The van der Waals surface area contributed by atoms with Crippen LogP contribution >= 0.6 is 11.3 Å². The second-order valence-electron chi connectivity index (χ2n) is 8.56. The summed E-state index contributed by atoms with van der Waals surface area (Å²) in [6, 6.07) is 15.7. The molecule has 0 N–H and O–H groups in total. The Morgan fingerprint density at radius 2 is 2.03 bits per heavy atom. The molecule has 0 radical (unpaired) electrons. The van der Waals surface area contributed by atoms with E-state index in [1.807, 2.05) is 55.6 Å². The van der Waals surface area contributed by atoms with Gasteiger partial charge in [-0.05, 0) is 55.7 Å². The van der Waals surface area contributed by atoms with Crippen LogP contribution in [-0.4, -0.2) is 49.1 Å². The lowest BCUT2D eigenvalue weighted by molar-refractivity contribution is 0.0507. The fourth-order valence-electron chi connectivity index (χ4n) is 3.91. The molecule has 174 valence electrons. The Kier molecular flexibility index (Phi) is 7.62. The second kappa shape index (κ2) is 10.8. The van der Waals surface area contributed by atoms with Gasteiger partial charge in [0.05, 0.1) is 16.8 Å². The molecule has 1 atom stereocenters. The lowest BCUT2D eigenvalue weighted by Crippen LogP contribution is -2.37. The minimum Gasteiger partial charge on any atom is -0.487 e. The molecule has 0 aliphatic carbocycles. The van der Waals surface area contributed by atoms with Gasteiger partial charge in [-0.25, -0.2) is 4.98 Å². The third kappa shape index (κ3) is 6.33. The van der Waals surface area contributed by atoms with Crippen molar-refractivity contribution in [3.05, 3.63) is 75.7 Å². The van der Waals surface area contributed by atoms with Crippen molar-refractivity contribution in [2.45, 2.75) is 39.0 Å². The van der Waals surface area contributed by atoms with Crippen molar-refractivity contribution < 1.29 is 14.3 Å². The molecule has 7 heteroatoms. The molecule has 33 heavy (non-hydrogen) atoms. The zero-order valence-electron chi connectivity index (χ0n) is 19.5. The highest BCUT2D eigenvalue weighted by Crippen LogP contribution is 2.22. The molecule has 1 aromatic heterocycles. The lowest BCUT2D eigenvalue weighted by atomic mass is 10.1. The van der Waals surface area contributed by atoms with Gasteiger partial charge in [0, 0.05) is 50.4 Å². The number of aromatic nitrogens is 1. The molecule has 6 nitrogen and oxygen atoms in total. The largest absolute Gasteiger partial charge is 0.487 e. The van der Waals surface area contributed by atoms with Gasteiger partial charge in [0.25, 0.3) is 5.91 Å². The van der Waals surface area contributed by atoms with Crippen LogP contribution in [0.2, 0.25) is 0 Å². The molecule has 1 saturated heterocycles. The number of ether oxygens (including phenoxy) is 2. The summed E-state index contributed by atoms with van der Waals surface area (Å²) < 4.78 is 11.7. The summed E-state index contributed by atoms with van der Waals surface area (Å²) in [5.41, 5.74) is 3.74. The fourth-order valence-corrected chi connectivity index (χ4v) is 4.50. The minimum absolute atomic E-state index is 0.0165. The van der Waals surface area contributed by atoms with E-state index in [0.717, 1.165) is 41.4 Å².